The van der Waals surface area contributed by atoms with Crippen molar-refractivity contribution in [2.75, 3.05) is 18.0 Å². The third kappa shape index (κ3) is 1.52. The lowest BCUT2D eigenvalue weighted by Gasteiger charge is -2.17. The maximum absolute atomic E-state index is 2.50. The van der Waals surface area contributed by atoms with E-state index in [0.717, 1.165) is 0 Å². The van der Waals surface area contributed by atoms with Crippen molar-refractivity contribution in [1.82, 2.24) is 0 Å². The molecular weight excluding hydrogens is 238 g/mol. The van der Waals surface area contributed by atoms with E-state index in [9.17, 15) is 0 Å². The van der Waals surface area contributed by atoms with Gasteiger partial charge in [0.15, 0.2) is 0 Å². The van der Waals surface area contributed by atoms with E-state index in [1.165, 1.54) is 51.8 Å². The second kappa shape index (κ2) is 3.99. The molecule has 1 aromatic heterocycles. The number of thiophene rings is 1. The van der Waals surface area contributed by atoms with Gasteiger partial charge in [0, 0.05) is 38.9 Å². The van der Waals surface area contributed by atoms with Gasteiger partial charge in [-0.15, -0.1) is 11.3 Å². The Hall–Kier alpha value is -1.54. The SMILES string of the molecule is c1ccc2c(c1)sc1cc(N3CCCC3)ccc12. The molecule has 2 heterocycles. The van der Waals surface area contributed by atoms with E-state index in [-0.39, 0.29) is 0 Å². The topological polar surface area (TPSA) is 3.24 Å². The molecule has 0 radical (unpaired) electrons. The summed E-state index contributed by atoms with van der Waals surface area (Å²) < 4.78 is 2.81. The zero-order chi connectivity index (χ0) is 11.9. The Bertz CT molecular complexity index is 707. The Balaban J connectivity index is 1.92. The van der Waals surface area contributed by atoms with Crippen molar-refractivity contribution in [3.8, 4) is 0 Å². The standard InChI is InChI=1S/C16H15NS/c1-2-6-15-13(5-1)14-8-7-12(11-16(14)18-15)17-9-3-4-10-17/h1-2,5-8,11H,3-4,9-10H2. The van der Waals surface area contributed by atoms with Gasteiger partial charge < -0.3 is 4.90 Å². The maximum Gasteiger partial charge on any atom is 0.0380 e. The van der Waals surface area contributed by atoms with Gasteiger partial charge in [-0.1, -0.05) is 24.3 Å². The van der Waals surface area contributed by atoms with Gasteiger partial charge in [-0.05, 0) is 31.0 Å². The van der Waals surface area contributed by atoms with E-state index in [2.05, 4.69) is 47.4 Å². The molecule has 0 unspecified atom stereocenters. The molecule has 0 N–H and O–H groups in total. The summed E-state index contributed by atoms with van der Waals surface area (Å²) in [6.07, 6.45) is 2.68. The van der Waals surface area contributed by atoms with E-state index in [4.69, 9.17) is 0 Å². The maximum atomic E-state index is 2.50. The minimum Gasteiger partial charge on any atom is -0.371 e. The van der Waals surface area contributed by atoms with Crippen LogP contribution in [0.15, 0.2) is 42.5 Å². The Morgan fingerprint density at radius 2 is 1.61 bits per heavy atom. The summed E-state index contributed by atoms with van der Waals surface area (Å²) in [7, 11) is 0. The third-order valence-electron chi connectivity index (χ3n) is 3.83. The quantitative estimate of drug-likeness (QED) is 0.610. The molecule has 90 valence electrons. The van der Waals surface area contributed by atoms with Crippen LogP contribution >= 0.6 is 11.3 Å². The number of nitrogens with zero attached hydrogens (tertiary/aromatic N) is 1. The van der Waals surface area contributed by atoms with Crippen molar-refractivity contribution in [3.63, 3.8) is 0 Å². The van der Waals surface area contributed by atoms with Crippen molar-refractivity contribution in [1.29, 1.82) is 0 Å². The van der Waals surface area contributed by atoms with Crippen molar-refractivity contribution in [2.45, 2.75) is 12.8 Å². The molecule has 18 heavy (non-hydrogen) atoms. The zero-order valence-corrected chi connectivity index (χ0v) is 11.0. The van der Waals surface area contributed by atoms with Gasteiger partial charge in [-0.3, -0.25) is 0 Å². The molecule has 2 aromatic carbocycles. The lowest BCUT2D eigenvalue weighted by Crippen LogP contribution is -2.17. The second-order valence-electron chi connectivity index (χ2n) is 4.97. The molecule has 3 aromatic rings. The Kier molecular flexibility index (Phi) is 2.30. The van der Waals surface area contributed by atoms with Crippen LogP contribution in [0.2, 0.25) is 0 Å². The van der Waals surface area contributed by atoms with Crippen LogP contribution in [0.1, 0.15) is 12.8 Å². The van der Waals surface area contributed by atoms with Crippen LogP contribution in [0, 0.1) is 0 Å². The Morgan fingerprint density at radius 3 is 2.50 bits per heavy atom. The molecule has 1 fully saturated rings. The molecule has 1 saturated heterocycles. The average Bonchev–Trinajstić information content (AvgIpc) is 3.05. The lowest BCUT2D eigenvalue weighted by atomic mass is 10.1. The van der Waals surface area contributed by atoms with Gasteiger partial charge in [-0.25, -0.2) is 0 Å². The first-order valence-corrected chi connectivity index (χ1v) is 7.40. The molecule has 0 spiro atoms. The molecule has 1 aliphatic heterocycles. The lowest BCUT2D eigenvalue weighted by molar-refractivity contribution is 0.949. The molecule has 1 aliphatic rings. The number of hydrogen-bond donors (Lipinski definition) is 0. The summed E-state index contributed by atoms with van der Waals surface area (Å²) in [6.45, 7) is 2.44. The monoisotopic (exact) mass is 253 g/mol. The van der Waals surface area contributed by atoms with Crippen LogP contribution in [0.3, 0.4) is 0 Å². The molecule has 0 saturated carbocycles. The molecule has 0 amide bonds. The predicted molar refractivity (Wildman–Crippen MR) is 80.8 cm³/mol. The van der Waals surface area contributed by atoms with Gasteiger partial charge in [0.05, 0.1) is 0 Å². The van der Waals surface area contributed by atoms with E-state index < -0.39 is 0 Å². The molecule has 0 aliphatic carbocycles. The average molecular weight is 253 g/mol. The first kappa shape index (κ1) is 10.4. The fourth-order valence-electron chi connectivity index (χ4n) is 2.89. The summed E-state index contributed by atoms with van der Waals surface area (Å²) >= 11 is 1.91. The smallest absolute Gasteiger partial charge is 0.0380 e. The van der Waals surface area contributed by atoms with Crippen LogP contribution < -0.4 is 4.90 Å². The molecule has 1 nitrogen and oxygen atoms in total. The van der Waals surface area contributed by atoms with Crippen LogP contribution in [0.4, 0.5) is 5.69 Å². The largest absolute Gasteiger partial charge is 0.371 e. The van der Waals surface area contributed by atoms with Crippen molar-refractivity contribution >= 4 is 37.2 Å². The normalized spacial score (nSPS) is 15.9. The third-order valence-corrected chi connectivity index (χ3v) is 4.97. The predicted octanol–water partition coefficient (Wildman–Crippen LogP) is 4.65. The molecule has 0 bridgehead atoms. The van der Waals surface area contributed by atoms with Gasteiger partial charge in [0.25, 0.3) is 0 Å². The van der Waals surface area contributed by atoms with Crippen LogP contribution in [0.25, 0.3) is 20.2 Å². The van der Waals surface area contributed by atoms with Crippen LogP contribution in [-0.4, -0.2) is 13.1 Å². The highest BCUT2D eigenvalue weighted by molar-refractivity contribution is 7.25. The van der Waals surface area contributed by atoms with Crippen LogP contribution in [0.5, 0.6) is 0 Å². The van der Waals surface area contributed by atoms with Gasteiger partial charge in [0.1, 0.15) is 0 Å². The van der Waals surface area contributed by atoms with E-state index >= 15 is 0 Å². The molecule has 4 rings (SSSR count). The highest BCUT2D eigenvalue weighted by atomic mass is 32.1. The van der Waals surface area contributed by atoms with Crippen molar-refractivity contribution < 1.29 is 0 Å². The highest BCUT2D eigenvalue weighted by Gasteiger charge is 2.13. The minimum absolute atomic E-state index is 1.22. The number of benzene rings is 2. The van der Waals surface area contributed by atoms with Gasteiger partial charge in [-0.2, -0.15) is 0 Å². The first-order valence-electron chi connectivity index (χ1n) is 6.58. The van der Waals surface area contributed by atoms with Gasteiger partial charge in [0.2, 0.25) is 0 Å². The Morgan fingerprint density at radius 1 is 0.833 bits per heavy atom. The van der Waals surface area contributed by atoms with E-state index in [1.54, 1.807) is 0 Å². The second-order valence-corrected chi connectivity index (χ2v) is 6.06. The molecule has 0 atom stereocenters. The number of fused-ring (bicyclic) bond motifs is 3. The highest BCUT2D eigenvalue weighted by Crippen LogP contribution is 2.36. The number of rotatable bonds is 1. The number of anilines is 1. The van der Waals surface area contributed by atoms with Crippen molar-refractivity contribution in [2.24, 2.45) is 0 Å². The fourth-order valence-corrected chi connectivity index (χ4v) is 4.03. The van der Waals surface area contributed by atoms with Crippen LogP contribution in [-0.2, 0) is 0 Å². The summed E-state index contributed by atoms with van der Waals surface area (Å²) in [5, 5.41) is 2.80. The molecule has 2 heteroatoms. The van der Waals surface area contributed by atoms with E-state index in [0.29, 0.717) is 0 Å². The van der Waals surface area contributed by atoms with Gasteiger partial charge >= 0.3 is 0 Å². The fraction of sp³-hybridized carbons (Fsp3) is 0.250. The summed E-state index contributed by atoms with van der Waals surface area (Å²) in [5.74, 6) is 0. The Labute approximate surface area is 111 Å². The van der Waals surface area contributed by atoms with Crippen molar-refractivity contribution in [3.05, 3.63) is 42.5 Å². The van der Waals surface area contributed by atoms with E-state index in [1.807, 2.05) is 11.3 Å². The number of hydrogen-bond acceptors (Lipinski definition) is 2. The zero-order valence-electron chi connectivity index (χ0n) is 10.2. The summed E-state index contributed by atoms with van der Waals surface area (Å²) in [6, 6.07) is 15.6. The summed E-state index contributed by atoms with van der Waals surface area (Å²) in [5.41, 5.74) is 1.39. The molecular formula is C16H15NS. The first-order chi connectivity index (χ1) is 8.92. The summed E-state index contributed by atoms with van der Waals surface area (Å²) in [4.78, 5) is 2.50. The minimum atomic E-state index is 1.22.